The predicted octanol–water partition coefficient (Wildman–Crippen LogP) is 11.7. The molecule has 9 rings (SSSR count). The predicted molar refractivity (Wildman–Crippen MR) is 204 cm³/mol. The summed E-state index contributed by atoms with van der Waals surface area (Å²) < 4.78 is 51.8. The van der Waals surface area contributed by atoms with Crippen LogP contribution in [-0.2, 0) is 20.1 Å². The summed E-state index contributed by atoms with van der Waals surface area (Å²) in [5.74, 6) is 0.807. The molecule has 1 radical (unpaired) electrons. The molecule has 0 atom stereocenters. The SMILES string of the molecule is [2H]C([2H])([2H])c1c[c-]c(-c2ccc(C([2H])([2H])[2H])cn2)cc1.[Ir].[c-]1oc2ccccc2c1-c1nc2ccccc2n1-c1c(-c2ccccc2)cccc1-c1ccccc1. The largest absolute Gasteiger partial charge is 0.557 e. The summed E-state index contributed by atoms with van der Waals surface area (Å²) in [6.45, 7) is -4.34. The number of para-hydroxylation sites is 4. The van der Waals surface area contributed by atoms with Gasteiger partial charge in [0.25, 0.3) is 0 Å². The third kappa shape index (κ3) is 6.82. The van der Waals surface area contributed by atoms with Crippen molar-refractivity contribution in [3.63, 3.8) is 0 Å². The van der Waals surface area contributed by atoms with Gasteiger partial charge in [-0.1, -0.05) is 139 Å². The van der Waals surface area contributed by atoms with Crippen LogP contribution in [0.2, 0.25) is 0 Å². The van der Waals surface area contributed by atoms with Crippen molar-refractivity contribution in [3.8, 4) is 50.6 Å². The summed E-state index contributed by atoms with van der Waals surface area (Å²) in [7, 11) is 0. The van der Waals surface area contributed by atoms with E-state index in [1.165, 1.54) is 24.4 Å². The minimum atomic E-state index is -2.18. The zero-order chi connectivity index (χ0) is 38.9. The standard InChI is InChI=1S/C33H21N2O.C13H12N.Ir/c1-3-12-23(13-4-1)25-17-11-18-26(24-14-5-2-6-15-24)32(25)35-30-20-9-8-19-29(30)34-33(35)28-22-36-31-21-10-7-16-27(28)31;1-10-3-6-12(7-4-10)13-8-5-11(2)9-14-13;/h1-21H;3-6,8-9H,1-2H3;/q2*-1;/i;1D3,2D3;. The van der Waals surface area contributed by atoms with E-state index in [1.54, 1.807) is 12.1 Å². The molecule has 51 heavy (non-hydrogen) atoms. The van der Waals surface area contributed by atoms with E-state index in [0.717, 1.165) is 61.3 Å². The average molecular weight is 842 g/mol. The topological polar surface area (TPSA) is 43.9 Å². The van der Waals surface area contributed by atoms with Crippen LogP contribution in [0.1, 0.15) is 19.4 Å². The number of hydrogen-bond acceptors (Lipinski definition) is 3. The summed E-state index contributed by atoms with van der Waals surface area (Å²) in [6, 6.07) is 54.3. The van der Waals surface area contributed by atoms with Gasteiger partial charge in [-0.15, -0.1) is 41.5 Å². The Morgan fingerprint density at radius 2 is 1.31 bits per heavy atom. The fraction of sp³-hybridized carbons (Fsp3) is 0.0435. The Bertz CT molecular complexity index is 2650. The van der Waals surface area contributed by atoms with Crippen molar-refractivity contribution in [2.24, 2.45) is 0 Å². The minimum Gasteiger partial charge on any atom is -0.557 e. The van der Waals surface area contributed by atoms with Crippen LogP contribution in [0.25, 0.3) is 72.6 Å². The van der Waals surface area contributed by atoms with E-state index in [9.17, 15) is 0 Å². The maximum atomic E-state index is 7.28. The first-order valence-corrected chi connectivity index (χ1v) is 16.2. The number of aryl methyl sites for hydroxylation is 2. The maximum Gasteiger partial charge on any atom is 0.0774 e. The number of pyridine rings is 1. The number of hydrogen-bond donors (Lipinski definition) is 0. The van der Waals surface area contributed by atoms with Crippen molar-refractivity contribution in [2.75, 3.05) is 0 Å². The summed E-state index contributed by atoms with van der Waals surface area (Å²) in [6.07, 6.45) is 4.46. The molecule has 6 aromatic carbocycles. The van der Waals surface area contributed by atoms with Crippen LogP contribution in [0.5, 0.6) is 0 Å². The van der Waals surface area contributed by atoms with Gasteiger partial charge in [-0.05, 0) is 41.4 Å². The number of aromatic nitrogens is 3. The second kappa shape index (κ2) is 14.9. The molecule has 0 spiro atoms. The molecule has 249 valence electrons. The van der Waals surface area contributed by atoms with Crippen molar-refractivity contribution in [3.05, 3.63) is 187 Å². The summed E-state index contributed by atoms with van der Waals surface area (Å²) in [4.78, 5) is 9.20. The number of fused-ring (bicyclic) bond motifs is 2. The Balaban J connectivity index is 0.000000202. The molecule has 0 saturated heterocycles. The zero-order valence-corrected chi connectivity index (χ0v) is 29.6. The first kappa shape index (κ1) is 26.9. The van der Waals surface area contributed by atoms with Gasteiger partial charge in [-0.3, -0.25) is 4.98 Å². The Labute approximate surface area is 319 Å². The Morgan fingerprint density at radius 3 is 1.98 bits per heavy atom. The summed E-state index contributed by atoms with van der Waals surface area (Å²) in [5.41, 5.74) is 10.8. The van der Waals surface area contributed by atoms with E-state index in [0.29, 0.717) is 11.3 Å². The fourth-order valence-electron chi connectivity index (χ4n) is 6.13. The van der Waals surface area contributed by atoms with Crippen LogP contribution in [0, 0.1) is 26.0 Å². The van der Waals surface area contributed by atoms with Gasteiger partial charge in [-0.25, -0.2) is 0 Å². The molecule has 0 amide bonds. The van der Waals surface area contributed by atoms with Gasteiger partial charge >= 0.3 is 0 Å². The first-order chi connectivity index (χ1) is 27.1. The van der Waals surface area contributed by atoms with Crippen LogP contribution < -0.4 is 0 Å². The third-order valence-electron chi connectivity index (χ3n) is 8.49. The zero-order valence-electron chi connectivity index (χ0n) is 33.2. The van der Waals surface area contributed by atoms with Crippen LogP contribution >= 0.6 is 0 Å². The van der Waals surface area contributed by atoms with Crippen LogP contribution in [0.4, 0.5) is 0 Å². The number of rotatable bonds is 5. The van der Waals surface area contributed by atoms with Crippen molar-refractivity contribution >= 4 is 22.0 Å². The number of furan rings is 1. The summed E-state index contributed by atoms with van der Waals surface area (Å²) >= 11 is 0. The Morgan fingerprint density at radius 1 is 0.647 bits per heavy atom. The molecule has 4 nitrogen and oxygen atoms in total. The number of benzene rings is 6. The van der Waals surface area contributed by atoms with E-state index < -0.39 is 13.7 Å². The Hall–Kier alpha value is -5.87. The molecule has 0 aliphatic heterocycles. The van der Waals surface area contributed by atoms with Crippen molar-refractivity contribution in [2.45, 2.75) is 13.7 Å². The van der Waals surface area contributed by atoms with Gasteiger partial charge in [0.05, 0.1) is 22.5 Å². The third-order valence-corrected chi connectivity index (χ3v) is 8.49. The molecule has 3 heterocycles. The molecule has 0 bridgehead atoms. The van der Waals surface area contributed by atoms with Gasteiger partial charge in [-0.2, -0.15) is 0 Å². The van der Waals surface area contributed by atoms with Crippen molar-refractivity contribution < 1.29 is 32.7 Å². The van der Waals surface area contributed by atoms with E-state index in [4.69, 9.17) is 17.6 Å². The second-order valence-corrected chi connectivity index (χ2v) is 11.7. The molecule has 0 unspecified atom stereocenters. The maximum absolute atomic E-state index is 7.28. The van der Waals surface area contributed by atoms with Crippen molar-refractivity contribution in [1.82, 2.24) is 14.5 Å². The van der Waals surface area contributed by atoms with Crippen molar-refractivity contribution in [1.29, 1.82) is 0 Å². The molecule has 0 aliphatic carbocycles. The molecular formula is C46H33IrN3O-2. The number of imidazole rings is 1. The average Bonchev–Trinajstić information content (AvgIpc) is 3.83. The van der Waals surface area contributed by atoms with Crippen LogP contribution in [0.15, 0.2) is 168 Å². The monoisotopic (exact) mass is 842 g/mol. The normalized spacial score (nSPS) is 13.0. The molecule has 3 aromatic heterocycles. The Kier molecular flexibility index (Phi) is 7.89. The molecule has 9 aromatic rings. The van der Waals surface area contributed by atoms with Crippen LogP contribution in [0.3, 0.4) is 0 Å². The second-order valence-electron chi connectivity index (χ2n) is 11.7. The van der Waals surface area contributed by atoms with Crippen LogP contribution in [-0.4, -0.2) is 14.5 Å². The van der Waals surface area contributed by atoms with E-state index in [1.807, 2.05) is 24.3 Å². The quantitative estimate of drug-likeness (QED) is 0.162. The smallest absolute Gasteiger partial charge is 0.0774 e. The van der Waals surface area contributed by atoms with Gasteiger partial charge in [0.2, 0.25) is 0 Å². The van der Waals surface area contributed by atoms with Gasteiger partial charge in [0.1, 0.15) is 0 Å². The van der Waals surface area contributed by atoms with Gasteiger partial charge in [0, 0.05) is 57.5 Å². The minimum absolute atomic E-state index is 0. The van der Waals surface area contributed by atoms with E-state index >= 15 is 0 Å². The molecular weight excluding hydrogens is 803 g/mol. The van der Waals surface area contributed by atoms with Gasteiger partial charge < -0.3 is 14.0 Å². The van der Waals surface area contributed by atoms with E-state index in [2.05, 4.69) is 125 Å². The molecule has 0 fully saturated rings. The summed E-state index contributed by atoms with van der Waals surface area (Å²) in [5, 5.41) is 0.993. The molecule has 0 saturated carbocycles. The molecule has 0 aliphatic rings. The first-order valence-electron chi connectivity index (χ1n) is 19.2. The van der Waals surface area contributed by atoms with E-state index in [-0.39, 0.29) is 31.2 Å². The molecule has 0 N–H and O–H groups in total. The van der Waals surface area contributed by atoms with Gasteiger partial charge in [0.15, 0.2) is 0 Å². The fourth-order valence-corrected chi connectivity index (χ4v) is 6.13. The number of nitrogens with zero attached hydrogens (tertiary/aromatic N) is 3. The molecule has 5 heteroatoms.